The van der Waals surface area contributed by atoms with Gasteiger partial charge in [0.2, 0.25) is 0 Å². The monoisotopic (exact) mass is 389 g/mol. The fourth-order valence-corrected chi connectivity index (χ4v) is 3.45. The van der Waals surface area contributed by atoms with E-state index < -0.39 is 10.0 Å². The molecule has 0 spiro atoms. The molecule has 7 heteroatoms. The Bertz CT molecular complexity index is 778. The summed E-state index contributed by atoms with van der Waals surface area (Å²) in [4.78, 5) is 0.113. The Kier molecular flexibility index (Phi) is 4.81. The van der Waals surface area contributed by atoms with Crippen molar-refractivity contribution in [3.05, 3.63) is 51.5 Å². The zero-order valence-electron chi connectivity index (χ0n) is 11.4. The van der Waals surface area contributed by atoms with E-state index in [1.807, 2.05) is 0 Å². The molecule has 2 aromatic carbocycles. The summed E-state index contributed by atoms with van der Waals surface area (Å²) in [6.45, 7) is 1.75. The molecule has 0 aliphatic rings. The fraction of sp³-hybridized carbons (Fsp3) is 0.143. The van der Waals surface area contributed by atoms with E-state index in [-0.39, 0.29) is 4.90 Å². The third-order valence-electron chi connectivity index (χ3n) is 2.94. The second-order valence-electron chi connectivity index (χ2n) is 4.31. The zero-order valence-corrected chi connectivity index (χ0v) is 14.5. The largest absolute Gasteiger partial charge is 0.496 e. The molecule has 4 nitrogen and oxygen atoms in total. The molecule has 2 rings (SSSR count). The molecule has 1 N–H and O–H groups in total. The molecule has 0 saturated carbocycles. The Hall–Kier alpha value is -1.24. The van der Waals surface area contributed by atoms with Gasteiger partial charge in [-0.05, 0) is 52.7 Å². The van der Waals surface area contributed by atoms with Gasteiger partial charge in [-0.2, -0.15) is 0 Å². The van der Waals surface area contributed by atoms with E-state index in [4.69, 9.17) is 16.3 Å². The predicted octanol–water partition coefficient (Wildman–Crippen LogP) is 4.22. The maximum Gasteiger partial charge on any atom is 0.262 e. The van der Waals surface area contributed by atoms with E-state index in [0.717, 1.165) is 0 Å². The van der Waals surface area contributed by atoms with Gasteiger partial charge in [0.1, 0.15) is 5.75 Å². The van der Waals surface area contributed by atoms with Crippen LogP contribution < -0.4 is 9.46 Å². The third kappa shape index (κ3) is 3.51. The lowest BCUT2D eigenvalue weighted by Gasteiger charge is -2.12. The van der Waals surface area contributed by atoms with Crippen LogP contribution in [0.4, 0.5) is 5.69 Å². The van der Waals surface area contributed by atoms with Gasteiger partial charge >= 0.3 is 0 Å². The number of sulfonamides is 1. The fourth-order valence-electron chi connectivity index (χ4n) is 1.73. The number of nitrogens with one attached hydrogen (secondary N) is 1. The number of methoxy groups -OCH3 is 1. The van der Waals surface area contributed by atoms with Crippen molar-refractivity contribution in [2.45, 2.75) is 11.8 Å². The normalized spacial score (nSPS) is 11.2. The summed E-state index contributed by atoms with van der Waals surface area (Å²) in [6, 6.07) is 9.63. The highest BCUT2D eigenvalue weighted by Crippen LogP contribution is 2.30. The van der Waals surface area contributed by atoms with Crippen LogP contribution in [0.1, 0.15) is 5.56 Å². The average molecular weight is 391 g/mol. The van der Waals surface area contributed by atoms with Gasteiger partial charge in [-0.25, -0.2) is 8.42 Å². The van der Waals surface area contributed by atoms with Crippen LogP contribution in [0.25, 0.3) is 0 Å². The number of halogens is 2. The molecule has 0 bridgehead atoms. The van der Waals surface area contributed by atoms with Crippen LogP contribution in [0, 0.1) is 6.92 Å². The standard InChI is InChI=1S/C14H13BrClNO3S/c1-9-12(16)4-3-5-13(9)17-21(18,19)10-6-7-11(15)14(8-10)20-2/h3-8,17H,1-2H3. The highest BCUT2D eigenvalue weighted by molar-refractivity contribution is 9.10. The van der Waals surface area contributed by atoms with E-state index in [2.05, 4.69) is 20.7 Å². The van der Waals surface area contributed by atoms with Crippen molar-refractivity contribution in [2.24, 2.45) is 0 Å². The first-order valence-corrected chi connectivity index (χ1v) is 8.62. The van der Waals surface area contributed by atoms with Gasteiger partial charge in [-0.15, -0.1) is 0 Å². The van der Waals surface area contributed by atoms with Crippen molar-refractivity contribution < 1.29 is 13.2 Å². The Morgan fingerprint density at radius 3 is 2.62 bits per heavy atom. The first-order valence-electron chi connectivity index (χ1n) is 5.96. The maximum atomic E-state index is 12.4. The lowest BCUT2D eigenvalue weighted by Crippen LogP contribution is -2.14. The summed E-state index contributed by atoms with van der Waals surface area (Å²) in [5, 5.41) is 0.503. The lowest BCUT2D eigenvalue weighted by molar-refractivity contribution is 0.411. The Labute approximate surface area is 137 Å². The Morgan fingerprint density at radius 2 is 1.95 bits per heavy atom. The van der Waals surface area contributed by atoms with Gasteiger partial charge in [0, 0.05) is 11.1 Å². The molecule has 112 valence electrons. The molecule has 2 aromatic rings. The molecule has 0 aromatic heterocycles. The van der Waals surface area contributed by atoms with Gasteiger partial charge in [0.15, 0.2) is 0 Å². The number of ether oxygens (including phenoxy) is 1. The van der Waals surface area contributed by atoms with Crippen molar-refractivity contribution in [3.8, 4) is 5.75 Å². The number of rotatable bonds is 4. The average Bonchev–Trinajstić information content (AvgIpc) is 2.44. The van der Waals surface area contributed by atoms with Crippen LogP contribution in [0.5, 0.6) is 5.75 Å². The first kappa shape index (κ1) is 16.1. The number of benzene rings is 2. The van der Waals surface area contributed by atoms with Gasteiger partial charge in [0.25, 0.3) is 10.0 Å². The minimum Gasteiger partial charge on any atom is -0.496 e. The highest BCUT2D eigenvalue weighted by Gasteiger charge is 2.17. The molecule has 0 unspecified atom stereocenters. The van der Waals surface area contributed by atoms with E-state index >= 15 is 0 Å². The van der Waals surface area contributed by atoms with Crippen LogP contribution in [0.15, 0.2) is 45.8 Å². The number of anilines is 1. The van der Waals surface area contributed by atoms with Crippen LogP contribution in [-0.2, 0) is 10.0 Å². The van der Waals surface area contributed by atoms with E-state index in [9.17, 15) is 8.42 Å². The molecule has 0 aliphatic heterocycles. The molecule has 0 radical (unpaired) electrons. The topological polar surface area (TPSA) is 55.4 Å². The van der Waals surface area contributed by atoms with Crippen LogP contribution in [0.2, 0.25) is 5.02 Å². The molecule has 21 heavy (non-hydrogen) atoms. The summed E-state index contributed by atoms with van der Waals surface area (Å²) in [5.41, 5.74) is 1.12. The van der Waals surface area contributed by atoms with Gasteiger partial charge in [-0.3, -0.25) is 4.72 Å². The van der Waals surface area contributed by atoms with E-state index in [1.165, 1.54) is 19.2 Å². The lowest BCUT2D eigenvalue weighted by atomic mass is 10.2. The summed E-state index contributed by atoms with van der Waals surface area (Å²) in [6.07, 6.45) is 0. The quantitative estimate of drug-likeness (QED) is 0.850. The minimum absolute atomic E-state index is 0.113. The molecule has 0 saturated heterocycles. The summed E-state index contributed by atoms with van der Waals surface area (Å²) in [7, 11) is -2.23. The van der Waals surface area contributed by atoms with Gasteiger partial charge in [0.05, 0.1) is 22.2 Å². The molecular formula is C14H13BrClNO3S. The Morgan fingerprint density at radius 1 is 1.24 bits per heavy atom. The second kappa shape index (κ2) is 6.25. The SMILES string of the molecule is COc1cc(S(=O)(=O)Nc2cccc(Cl)c2C)ccc1Br. The summed E-state index contributed by atoms with van der Waals surface area (Å²) >= 11 is 9.28. The molecule has 0 aliphatic carbocycles. The molecule has 0 atom stereocenters. The predicted molar refractivity (Wildman–Crippen MR) is 87.7 cm³/mol. The summed E-state index contributed by atoms with van der Waals surface area (Å²) in [5.74, 6) is 0.445. The van der Waals surface area contributed by atoms with Crippen molar-refractivity contribution in [3.63, 3.8) is 0 Å². The van der Waals surface area contributed by atoms with Gasteiger partial charge in [-0.1, -0.05) is 17.7 Å². The summed E-state index contributed by atoms with van der Waals surface area (Å²) < 4.78 is 33.2. The van der Waals surface area contributed by atoms with Crippen LogP contribution in [0.3, 0.4) is 0 Å². The zero-order chi connectivity index (χ0) is 15.6. The first-order chi connectivity index (χ1) is 9.85. The minimum atomic E-state index is -3.71. The number of hydrogen-bond donors (Lipinski definition) is 1. The second-order valence-corrected chi connectivity index (χ2v) is 7.26. The van der Waals surface area contributed by atoms with Gasteiger partial charge < -0.3 is 4.74 Å². The Balaban J connectivity index is 2.41. The smallest absolute Gasteiger partial charge is 0.262 e. The third-order valence-corrected chi connectivity index (χ3v) is 5.37. The number of hydrogen-bond acceptors (Lipinski definition) is 3. The maximum absolute atomic E-state index is 12.4. The molecule has 0 heterocycles. The molecular weight excluding hydrogens is 378 g/mol. The van der Waals surface area contributed by atoms with Crippen molar-refractivity contribution in [1.29, 1.82) is 0 Å². The van der Waals surface area contributed by atoms with Crippen LogP contribution in [-0.4, -0.2) is 15.5 Å². The highest BCUT2D eigenvalue weighted by atomic mass is 79.9. The van der Waals surface area contributed by atoms with Crippen molar-refractivity contribution in [1.82, 2.24) is 0 Å². The molecule has 0 amide bonds. The van der Waals surface area contributed by atoms with Crippen molar-refractivity contribution in [2.75, 3.05) is 11.8 Å². The van der Waals surface area contributed by atoms with E-state index in [1.54, 1.807) is 31.2 Å². The van der Waals surface area contributed by atoms with Crippen LogP contribution >= 0.6 is 27.5 Å². The van der Waals surface area contributed by atoms with E-state index in [0.29, 0.717) is 26.5 Å². The molecule has 0 fully saturated rings. The van der Waals surface area contributed by atoms with Crippen molar-refractivity contribution >= 4 is 43.2 Å².